The van der Waals surface area contributed by atoms with Crippen molar-refractivity contribution >= 4 is 57.8 Å². The third-order valence-electron chi connectivity index (χ3n) is 7.06. The molecule has 0 radical (unpaired) electrons. The van der Waals surface area contributed by atoms with Crippen LogP contribution in [-0.4, -0.2) is 37.5 Å². The van der Waals surface area contributed by atoms with Crippen LogP contribution in [0.3, 0.4) is 0 Å². The molecule has 8 nitrogen and oxygen atoms in total. The van der Waals surface area contributed by atoms with Crippen molar-refractivity contribution < 1.29 is 23.9 Å². The summed E-state index contributed by atoms with van der Waals surface area (Å²) in [6.45, 7) is 5.48. The standard InChI is InChI=1S/C32H30ClN3O5S/c1-18-10-15-27(42-18)30(38)41-17-23-20(13-14-25-28(23)36(4)31(39)32(2,3)35-25)21-12-11-19(16-26(21)40-5)34-29(37)22-8-6-7-9-24(22)33/h6-16,35H,17H2,1-5H3,(H,34,37). The normalized spacial score (nSPS) is 13.7. The number of amides is 2. The zero-order valence-corrected chi connectivity index (χ0v) is 25.4. The second-order valence-electron chi connectivity index (χ2n) is 10.4. The van der Waals surface area contributed by atoms with Crippen molar-refractivity contribution in [1.29, 1.82) is 0 Å². The summed E-state index contributed by atoms with van der Waals surface area (Å²) in [6, 6.07) is 19.5. The summed E-state index contributed by atoms with van der Waals surface area (Å²) in [5.74, 6) is -0.446. The number of halogens is 1. The highest BCUT2D eigenvalue weighted by Crippen LogP contribution is 2.44. The van der Waals surface area contributed by atoms with E-state index in [0.29, 0.717) is 49.3 Å². The summed E-state index contributed by atoms with van der Waals surface area (Å²) < 4.78 is 11.5. The first-order valence-electron chi connectivity index (χ1n) is 13.2. The summed E-state index contributed by atoms with van der Waals surface area (Å²) in [5, 5.41) is 6.53. The Bertz CT molecular complexity index is 1710. The lowest BCUT2D eigenvalue weighted by molar-refractivity contribution is -0.121. The molecule has 0 atom stereocenters. The molecule has 0 spiro atoms. The number of carbonyl (C=O) groups excluding carboxylic acids is 3. The van der Waals surface area contributed by atoms with Gasteiger partial charge in [0.25, 0.3) is 11.8 Å². The van der Waals surface area contributed by atoms with Gasteiger partial charge in [0.05, 0.1) is 29.1 Å². The van der Waals surface area contributed by atoms with Crippen LogP contribution in [0.4, 0.5) is 17.1 Å². The van der Waals surface area contributed by atoms with Crippen LogP contribution in [0.5, 0.6) is 5.75 Å². The van der Waals surface area contributed by atoms with Crippen LogP contribution >= 0.6 is 22.9 Å². The zero-order valence-electron chi connectivity index (χ0n) is 23.8. The molecule has 0 bridgehead atoms. The monoisotopic (exact) mass is 603 g/mol. The van der Waals surface area contributed by atoms with E-state index < -0.39 is 11.5 Å². The molecule has 0 aliphatic carbocycles. The average Bonchev–Trinajstić information content (AvgIpc) is 3.40. The van der Waals surface area contributed by atoms with Gasteiger partial charge < -0.3 is 25.0 Å². The molecule has 216 valence electrons. The molecule has 10 heteroatoms. The van der Waals surface area contributed by atoms with Gasteiger partial charge in [-0.3, -0.25) is 9.59 Å². The summed E-state index contributed by atoms with van der Waals surface area (Å²) in [7, 11) is 3.25. The van der Waals surface area contributed by atoms with E-state index in [4.69, 9.17) is 21.1 Å². The van der Waals surface area contributed by atoms with Crippen LogP contribution in [0.1, 0.15) is 44.3 Å². The van der Waals surface area contributed by atoms with Gasteiger partial charge in [-0.2, -0.15) is 0 Å². The maximum atomic E-state index is 13.3. The Morgan fingerprint density at radius 3 is 2.48 bits per heavy atom. The maximum absolute atomic E-state index is 13.3. The Balaban J connectivity index is 1.55. The number of benzene rings is 3. The number of rotatable bonds is 7. The molecule has 2 N–H and O–H groups in total. The number of likely N-dealkylation sites (N-methyl/N-ethyl adjacent to an activating group) is 1. The number of anilines is 3. The second kappa shape index (κ2) is 11.5. The molecule has 0 saturated carbocycles. The molecule has 1 aliphatic heterocycles. The summed E-state index contributed by atoms with van der Waals surface area (Å²) in [5.41, 5.74) is 3.45. The van der Waals surface area contributed by atoms with Crippen molar-refractivity contribution in [2.75, 3.05) is 29.7 Å². The van der Waals surface area contributed by atoms with Gasteiger partial charge in [-0.05, 0) is 68.8 Å². The van der Waals surface area contributed by atoms with Gasteiger partial charge in [-0.15, -0.1) is 11.3 Å². The van der Waals surface area contributed by atoms with Crippen LogP contribution in [-0.2, 0) is 16.1 Å². The molecule has 42 heavy (non-hydrogen) atoms. The van der Waals surface area contributed by atoms with Gasteiger partial charge in [-0.1, -0.05) is 29.8 Å². The van der Waals surface area contributed by atoms with Crippen molar-refractivity contribution in [1.82, 2.24) is 0 Å². The first-order chi connectivity index (χ1) is 20.0. The van der Waals surface area contributed by atoms with Crippen LogP contribution in [0.25, 0.3) is 11.1 Å². The number of hydrogen-bond donors (Lipinski definition) is 2. The molecule has 3 aromatic carbocycles. The number of esters is 1. The topological polar surface area (TPSA) is 97.0 Å². The van der Waals surface area contributed by atoms with Crippen LogP contribution < -0.4 is 20.3 Å². The van der Waals surface area contributed by atoms with Crippen molar-refractivity contribution in [3.8, 4) is 16.9 Å². The molecule has 5 rings (SSSR count). The maximum Gasteiger partial charge on any atom is 0.348 e. The number of carbonyl (C=O) groups is 3. The van der Waals surface area contributed by atoms with E-state index in [1.807, 2.05) is 45.0 Å². The van der Waals surface area contributed by atoms with E-state index in [0.717, 1.165) is 10.6 Å². The smallest absolute Gasteiger partial charge is 0.348 e. The number of thiophene rings is 1. The Kier molecular flexibility index (Phi) is 7.99. The van der Waals surface area contributed by atoms with Crippen LogP contribution in [0.15, 0.2) is 66.7 Å². The lowest BCUT2D eigenvalue weighted by atomic mass is 9.91. The number of methoxy groups -OCH3 is 1. The minimum Gasteiger partial charge on any atom is -0.496 e. The number of nitrogens with zero attached hydrogens (tertiary/aromatic N) is 1. The Hall–Kier alpha value is -4.34. The fourth-order valence-corrected chi connectivity index (χ4v) is 6.00. The Morgan fingerprint density at radius 2 is 1.79 bits per heavy atom. The highest BCUT2D eigenvalue weighted by Gasteiger charge is 2.39. The minimum atomic E-state index is -0.815. The van der Waals surface area contributed by atoms with E-state index in [2.05, 4.69) is 10.6 Å². The molecule has 1 aromatic heterocycles. The fraction of sp³-hybridized carbons (Fsp3) is 0.219. The minimum absolute atomic E-state index is 0.0812. The van der Waals surface area contributed by atoms with Crippen molar-refractivity contribution in [2.45, 2.75) is 32.9 Å². The molecule has 0 fully saturated rings. The predicted molar refractivity (Wildman–Crippen MR) is 167 cm³/mol. The quantitative estimate of drug-likeness (QED) is 0.218. The van der Waals surface area contributed by atoms with Crippen LogP contribution in [0, 0.1) is 6.92 Å². The van der Waals surface area contributed by atoms with Gasteiger partial charge in [0, 0.05) is 34.8 Å². The Labute approximate surface area is 253 Å². The second-order valence-corrected chi connectivity index (χ2v) is 12.1. The van der Waals surface area contributed by atoms with E-state index in [9.17, 15) is 14.4 Å². The molecule has 0 saturated heterocycles. The number of fused-ring (bicyclic) bond motifs is 1. The molecule has 1 aliphatic rings. The van der Waals surface area contributed by atoms with E-state index in [1.54, 1.807) is 54.4 Å². The van der Waals surface area contributed by atoms with Crippen molar-refractivity contribution in [3.63, 3.8) is 0 Å². The summed E-state index contributed by atoms with van der Waals surface area (Å²) >= 11 is 7.56. The lowest BCUT2D eigenvalue weighted by Crippen LogP contribution is -2.52. The number of ether oxygens (including phenoxy) is 2. The molecular formula is C32H30ClN3O5S. The molecule has 0 unspecified atom stereocenters. The molecule has 4 aromatic rings. The third-order valence-corrected chi connectivity index (χ3v) is 8.37. The largest absolute Gasteiger partial charge is 0.496 e. The number of hydrogen-bond acceptors (Lipinski definition) is 7. The van der Waals surface area contributed by atoms with Gasteiger partial charge in [-0.25, -0.2) is 4.79 Å². The highest BCUT2D eigenvalue weighted by molar-refractivity contribution is 7.13. The fourth-order valence-electron chi connectivity index (χ4n) is 5.02. The van der Waals surface area contributed by atoms with Crippen LogP contribution in [0.2, 0.25) is 5.02 Å². The van der Waals surface area contributed by atoms with E-state index in [-0.39, 0.29) is 18.4 Å². The lowest BCUT2D eigenvalue weighted by Gasteiger charge is -2.39. The van der Waals surface area contributed by atoms with Gasteiger partial charge in [0.2, 0.25) is 0 Å². The van der Waals surface area contributed by atoms with Gasteiger partial charge in [0.1, 0.15) is 22.8 Å². The average molecular weight is 604 g/mol. The van der Waals surface area contributed by atoms with E-state index >= 15 is 0 Å². The molecular weight excluding hydrogens is 574 g/mol. The number of nitrogens with one attached hydrogen (secondary N) is 2. The first-order valence-corrected chi connectivity index (χ1v) is 14.4. The molecule has 2 heterocycles. The zero-order chi connectivity index (χ0) is 30.2. The van der Waals surface area contributed by atoms with Crippen molar-refractivity contribution in [2.24, 2.45) is 0 Å². The van der Waals surface area contributed by atoms with Gasteiger partial charge >= 0.3 is 5.97 Å². The molecule has 2 amide bonds. The summed E-state index contributed by atoms with van der Waals surface area (Å²) in [4.78, 5) is 42.2. The summed E-state index contributed by atoms with van der Waals surface area (Å²) in [6.07, 6.45) is 0. The Morgan fingerprint density at radius 1 is 1.05 bits per heavy atom. The van der Waals surface area contributed by atoms with Gasteiger partial charge in [0.15, 0.2) is 0 Å². The highest BCUT2D eigenvalue weighted by atomic mass is 35.5. The first kappa shape index (κ1) is 29.2. The number of aryl methyl sites for hydroxylation is 1. The predicted octanol–water partition coefficient (Wildman–Crippen LogP) is 7.16. The SMILES string of the molecule is COc1cc(NC(=O)c2ccccc2Cl)ccc1-c1ccc2c(c1COC(=O)c1ccc(C)s1)N(C)C(=O)C(C)(C)N2. The third kappa shape index (κ3) is 5.57. The van der Waals surface area contributed by atoms with Crippen molar-refractivity contribution in [3.05, 3.63) is 92.6 Å². The van der Waals surface area contributed by atoms with E-state index in [1.165, 1.54) is 18.4 Å².